The molecule has 0 aliphatic heterocycles. The van der Waals surface area contributed by atoms with Crippen LogP contribution in [-0.4, -0.2) is 23.6 Å². The van der Waals surface area contributed by atoms with Gasteiger partial charge in [0.1, 0.15) is 5.75 Å². The van der Waals surface area contributed by atoms with Crippen molar-refractivity contribution < 1.29 is 19.4 Å². The van der Waals surface area contributed by atoms with Crippen LogP contribution in [0.1, 0.15) is 16.8 Å². The van der Waals surface area contributed by atoms with Crippen molar-refractivity contribution in [3.8, 4) is 5.75 Å². The van der Waals surface area contributed by atoms with E-state index in [4.69, 9.17) is 21.4 Å². The lowest BCUT2D eigenvalue weighted by Crippen LogP contribution is -2.17. The fraction of sp³-hybridized carbons (Fsp3) is 0.125. The Hall–Kier alpha value is -2.05. The van der Waals surface area contributed by atoms with Crippen molar-refractivity contribution in [2.45, 2.75) is 6.42 Å². The quantitative estimate of drug-likeness (QED) is 0.764. The summed E-state index contributed by atoms with van der Waals surface area (Å²) in [6, 6.07) is 11.4. The Morgan fingerprint density at radius 3 is 2.52 bits per heavy atom. The van der Waals surface area contributed by atoms with Crippen LogP contribution in [0.15, 0.2) is 46.9 Å². The highest BCUT2D eigenvalue weighted by Gasteiger charge is 2.13. The molecule has 0 fully saturated rings. The molecule has 7 heteroatoms. The Labute approximate surface area is 146 Å². The van der Waals surface area contributed by atoms with Crippen molar-refractivity contribution in [2.75, 3.05) is 11.9 Å². The fourth-order valence-corrected chi connectivity index (χ4v) is 2.29. The summed E-state index contributed by atoms with van der Waals surface area (Å²) >= 11 is 8.97. The van der Waals surface area contributed by atoms with Gasteiger partial charge >= 0.3 is 5.97 Å². The molecule has 2 aromatic carbocycles. The Bertz CT molecular complexity index is 719. The summed E-state index contributed by atoms with van der Waals surface area (Å²) in [4.78, 5) is 23.1. The van der Waals surface area contributed by atoms with Crippen LogP contribution in [0.2, 0.25) is 5.02 Å². The molecule has 2 aromatic rings. The number of benzene rings is 2. The van der Waals surface area contributed by atoms with Crippen LogP contribution >= 0.6 is 27.5 Å². The first kappa shape index (κ1) is 17.3. The number of rotatable bonds is 6. The van der Waals surface area contributed by atoms with Crippen molar-refractivity contribution in [3.63, 3.8) is 0 Å². The molecule has 23 heavy (non-hydrogen) atoms. The summed E-state index contributed by atoms with van der Waals surface area (Å²) in [5.41, 5.74) is 0.267. The molecular weight excluding hydrogens is 386 g/mol. The molecule has 1 amide bonds. The van der Waals surface area contributed by atoms with Gasteiger partial charge in [-0.05, 0) is 42.5 Å². The van der Waals surface area contributed by atoms with Crippen molar-refractivity contribution in [2.24, 2.45) is 0 Å². The maximum absolute atomic E-state index is 11.9. The Morgan fingerprint density at radius 2 is 1.87 bits per heavy atom. The van der Waals surface area contributed by atoms with Crippen LogP contribution in [0.4, 0.5) is 5.69 Å². The molecule has 0 heterocycles. The lowest BCUT2D eigenvalue weighted by molar-refractivity contribution is -0.116. The zero-order chi connectivity index (χ0) is 16.8. The number of nitrogens with one attached hydrogen (secondary N) is 1. The van der Waals surface area contributed by atoms with Crippen LogP contribution in [0, 0.1) is 0 Å². The van der Waals surface area contributed by atoms with E-state index < -0.39 is 5.97 Å². The van der Waals surface area contributed by atoms with Crippen LogP contribution in [0.3, 0.4) is 0 Å². The molecule has 0 bridgehead atoms. The van der Waals surface area contributed by atoms with E-state index in [9.17, 15) is 9.59 Å². The molecule has 120 valence electrons. The largest absolute Gasteiger partial charge is 0.493 e. The summed E-state index contributed by atoms with van der Waals surface area (Å²) in [6.07, 6.45) is 0.0950. The molecule has 0 aliphatic carbocycles. The molecule has 0 saturated carbocycles. The summed E-state index contributed by atoms with van der Waals surface area (Å²) < 4.78 is 6.05. The van der Waals surface area contributed by atoms with Crippen molar-refractivity contribution in [3.05, 3.63) is 57.5 Å². The molecule has 0 saturated heterocycles. The monoisotopic (exact) mass is 397 g/mol. The summed E-state index contributed by atoms with van der Waals surface area (Å²) in [7, 11) is 0. The third kappa shape index (κ3) is 5.26. The van der Waals surface area contributed by atoms with Gasteiger partial charge in [0.25, 0.3) is 0 Å². The van der Waals surface area contributed by atoms with Crippen LogP contribution in [-0.2, 0) is 4.79 Å². The minimum absolute atomic E-state index is 0.0198. The standard InChI is InChI=1S/C16H13BrClNO4/c17-10-1-6-14(13(9-10)16(21)22)19-15(20)7-8-23-12-4-2-11(18)3-5-12/h1-6,9H,7-8H2,(H,19,20)(H,21,22). The van der Waals surface area contributed by atoms with Gasteiger partial charge in [-0.15, -0.1) is 0 Å². The first-order valence-corrected chi connectivity index (χ1v) is 7.84. The summed E-state index contributed by atoms with van der Waals surface area (Å²) in [6.45, 7) is 0.173. The normalized spacial score (nSPS) is 10.2. The number of carboxylic acid groups (broad SMARTS) is 1. The molecule has 5 nitrogen and oxygen atoms in total. The van der Waals surface area contributed by atoms with E-state index in [2.05, 4.69) is 21.2 Å². The zero-order valence-electron chi connectivity index (χ0n) is 11.9. The number of anilines is 1. The number of amides is 1. The van der Waals surface area contributed by atoms with E-state index in [0.29, 0.717) is 15.2 Å². The van der Waals surface area contributed by atoms with Crippen molar-refractivity contribution in [1.82, 2.24) is 0 Å². The van der Waals surface area contributed by atoms with Crippen molar-refractivity contribution >= 4 is 45.1 Å². The van der Waals surface area contributed by atoms with Gasteiger partial charge < -0.3 is 15.2 Å². The highest BCUT2D eigenvalue weighted by molar-refractivity contribution is 9.10. The molecule has 0 unspecified atom stereocenters. The SMILES string of the molecule is O=C(CCOc1ccc(Cl)cc1)Nc1ccc(Br)cc1C(=O)O. The minimum Gasteiger partial charge on any atom is -0.493 e. The number of carbonyl (C=O) groups is 2. The number of ether oxygens (including phenoxy) is 1. The van der Waals surface area contributed by atoms with Gasteiger partial charge in [0.15, 0.2) is 0 Å². The second kappa shape index (κ2) is 7.99. The van der Waals surface area contributed by atoms with E-state index in [0.717, 1.165) is 0 Å². The molecule has 2 N–H and O–H groups in total. The van der Waals surface area contributed by atoms with Crippen LogP contribution in [0.25, 0.3) is 0 Å². The second-order valence-corrected chi connectivity index (χ2v) is 5.95. The maximum Gasteiger partial charge on any atom is 0.337 e. The zero-order valence-corrected chi connectivity index (χ0v) is 14.2. The fourth-order valence-electron chi connectivity index (χ4n) is 1.81. The Kier molecular flexibility index (Phi) is 6.01. The third-order valence-electron chi connectivity index (χ3n) is 2.90. The number of carboxylic acids is 1. The Balaban J connectivity index is 1.90. The average Bonchev–Trinajstić information content (AvgIpc) is 2.51. The smallest absolute Gasteiger partial charge is 0.337 e. The lowest BCUT2D eigenvalue weighted by Gasteiger charge is -2.10. The topological polar surface area (TPSA) is 75.6 Å². The van der Waals surface area contributed by atoms with Crippen molar-refractivity contribution in [1.29, 1.82) is 0 Å². The lowest BCUT2D eigenvalue weighted by atomic mass is 10.2. The van der Waals surface area contributed by atoms with Gasteiger partial charge in [0, 0.05) is 9.50 Å². The predicted octanol–water partition coefficient (Wildman–Crippen LogP) is 4.21. The second-order valence-electron chi connectivity index (χ2n) is 4.60. The summed E-state index contributed by atoms with van der Waals surface area (Å²) in [5.74, 6) is -0.833. The number of hydrogen-bond acceptors (Lipinski definition) is 3. The van der Waals surface area contributed by atoms with Crippen LogP contribution in [0.5, 0.6) is 5.75 Å². The van der Waals surface area contributed by atoms with E-state index in [-0.39, 0.29) is 30.2 Å². The Morgan fingerprint density at radius 1 is 1.17 bits per heavy atom. The predicted molar refractivity (Wildman–Crippen MR) is 91.3 cm³/mol. The molecule has 0 spiro atoms. The number of hydrogen-bond donors (Lipinski definition) is 2. The van der Waals surface area contributed by atoms with Gasteiger partial charge in [-0.2, -0.15) is 0 Å². The van der Waals surface area contributed by atoms with Crippen LogP contribution < -0.4 is 10.1 Å². The molecule has 0 aromatic heterocycles. The average molecular weight is 399 g/mol. The molecular formula is C16H13BrClNO4. The van der Waals surface area contributed by atoms with E-state index in [1.54, 1.807) is 30.3 Å². The maximum atomic E-state index is 11.9. The molecule has 0 atom stereocenters. The minimum atomic E-state index is -1.11. The number of aromatic carboxylic acids is 1. The first-order valence-electron chi connectivity index (χ1n) is 6.67. The third-order valence-corrected chi connectivity index (χ3v) is 3.64. The first-order chi connectivity index (χ1) is 11.0. The van der Waals surface area contributed by atoms with Gasteiger partial charge in [0.2, 0.25) is 5.91 Å². The number of halogens is 2. The van der Waals surface area contributed by atoms with E-state index in [1.165, 1.54) is 12.1 Å². The van der Waals surface area contributed by atoms with Gasteiger partial charge in [-0.1, -0.05) is 27.5 Å². The van der Waals surface area contributed by atoms with E-state index >= 15 is 0 Å². The highest BCUT2D eigenvalue weighted by Crippen LogP contribution is 2.21. The number of carbonyl (C=O) groups excluding carboxylic acids is 1. The van der Waals surface area contributed by atoms with Gasteiger partial charge in [-0.3, -0.25) is 4.79 Å². The summed E-state index contributed by atoms with van der Waals surface area (Å²) in [5, 5.41) is 12.3. The molecule has 2 rings (SSSR count). The van der Waals surface area contributed by atoms with E-state index in [1.807, 2.05) is 0 Å². The molecule has 0 radical (unpaired) electrons. The van der Waals surface area contributed by atoms with Gasteiger partial charge in [-0.25, -0.2) is 4.79 Å². The van der Waals surface area contributed by atoms with Gasteiger partial charge in [0.05, 0.1) is 24.3 Å². The highest BCUT2D eigenvalue weighted by atomic mass is 79.9. The molecule has 0 aliphatic rings.